The molecule has 0 spiro atoms. The van der Waals surface area contributed by atoms with E-state index in [1.165, 1.54) is 4.90 Å². The molecule has 0 aromatic heterocycles. The first kappa shape index (κ1) is 17.4. The molecule has 3 amide bonds. The maximum Gasteiger partial charge on any atom is 0.312 e. The number of hydrogen-bond acceptors (Lipinski definition) is 4. The maximum absolute atomic E-state index is 12.2. The van der Waals surface area contributed by atoms with Gasteiger partial charge in [-0.25, -0.2) is 0 Å². The molecule has 0 atom stereocenters. The van der Waals surface area contributed by atoms with Crippen LogP contribution >= 0.6 is 0 Å². The average molecular weight is 298 g/mol. The van der Waals surface area contributed by atoms with Gasteiger partial charge in [0.1, 0.15) is 0 Å². The Labute approximate surface area is 126 Å². The van der Waals surface area contributed by atoms with E-state index in [9.17, 15) is 14.4 Å². The minimum Gasteiger partial charge on any atom is -0.352 e. The van der Waals surface area contributed by atoms with Crippen molar-refractivity contribution >= 4 is 17.7 Å². The van der Waals surface area contributed by atoms with Gasteiger partial charge >= 0.3 is 11.8 Å². The van der Waals surface area contributed by atoms with Crippen molar-refractivity contribution in [2.24, 2.45) is 0 Å². The van der Waals surface area contributed by atoms with E-state index in [1.54, 1.807) is 11.8 Å². The minimum atomic E-state index is -0.599. The summed E-state index contributed by atoms with van der Waals surface area (Å²) < 4.78 is 0. The van der Waals surface area contributed by atoms with Gasteiger partial charge in [0.05, 0.1) is 6.54 Å². The first-order chi connectivity index (χ1) is 9.95. The molecule has 7 nitrogen and oxygen atoms in total. The van der Waals surface area contributed by atoms with Crippen molar-refractivity contribution in [3.05, 3.63) is 0 Å². The first-order valence-electron chi connectivity index (χ1n) is 7.54. The number of carbonyl (C=O) groups is 3. The van der Waals surface area contributed by atoms with Gasteiger partial charge in [0.2, 0.25) is 5.91 Å². The molecule has 21 heavy (non-hydrogen) atoms. The Kier molecular flexibility index (Phi) is 7.14. The number of amides is 3. The summed E-state index contributed by atoms with van der Waals surface area (Å²) in [6, 6.07) is 0.0127. The highest BCUT2D eigenvalue weighted by atomic mass is 16.2. The van der Waals surface area contributed by atoms with E-state index in [1.807, 2.05) is 13.8 Å². The lowest BCUT2D eigenvalue weighted by atomic mass is 10.3. The Morgan fingerprint density at radius 3 is 2.57 bits per heavy atom. The van der Waals surface area contributed by atoms with Gasteiger partial charge in [-0.2, -0.15) is 0 Å². The van der Waals surface area contributed by atoms with Crippen LogP contribution in [0.25, 0.3) is 0 Å². The van der Waals surface area contributed by atoms with Crippen LogP contribution in [-0.4, -0.2) is 72.8 Å². The van der Waals surface area contributed by atoms with E-state index in [0.717, 1.165) is 13.0 Å². The Bertz CT molecular complexity index is 376. The van der Waals surface area contributed by atoms with Crippen LogP contribution < -0.4 is 10.6 Å². The third-order valence-electron chi connectivity index (χ3n) is 3.26. The van der Waals surface area contributed by atoms with Crippen LogP contribution in [0.15, 0.2) is 0 Å². The third-order valence-corrected chi connectivity index (χ3v) is 3.26. The third kappa shape index (κ3) is 5.71. The molecule has 0 bridgehead atoms. The molecule has 1 heterocycles. The molecule has 0 radical (unpaired) electrons. The molecule has 1 aliphatic heterocycles. The van der Waals surface area contributed by atoms with E-state index < -0.39 is 11.8 Å². The summed E-state index contributed by atoms with van der Waals surface area (Å²) in [5, 5.41) is 5.91. The Balaban J connectivity index is 2.60. The van der Waals surface area contributed by atoms with Crippen molar-refractivity contribution in [2.75, 3.05) is 39.3 Å². The molecule has 0 aliphatic carbocycles. The van der Waals surface area contributed by atoms with Gasteiger partial charge < -0.3 is 20.4 Å². The van der Waals surface area contributed by atoms with Gasteiger partial charge in [0.25, 0.3) is 0 Å². The largest absolute Gasteiger partial charge is 0.352 e. The Morgan fingerprint density at radius 1 is 1.24 bits per heavy atom. The number of carbonyl (C=O) groups excluding carboxylic acids is 3. The molecule has 1 fully saturated rings. The van der Waals surface area contributed by atoms with Crippen LogP contribution in [0.1, 0.15) is 27.2 Å². The molecular weight excluding hydrogens is 272 g/mol. The standard InChI is InChI=1S/C14H26N4O3/c1-4-17(10-12(19)16-11(2)3)13(20)14(21)18-8-5-6-15-7-9-18/h11,15H,4-10H2,1-3H3,(H,16,19). The van der Waals surface area contributed by atoms with Crippen LogP contribution in [0, 0.1) is 0 Å². The molecule has 7 heteroatoms. The summed E-state index contributed by atoms with van der Waals surface area (Å²) in [5.74, 6) is -1.36. The number of likely N-dealkylation sites (N-methyl/N-ethyl adjacent to an activating group) is 1. The van der Waals surface area contributed by atoms with Crippen LogP contribution in [-0.2, 0) is 14.4 Å². The highest BCUT2D eigenvalue weighted by Gasteiger charge is 2.27. The molecule has 0 aromatic carbocycles. The lowest BCUT2D eigenvalue weighted by Gasteiger charge is -2.25. The summed E-state index contributed by atoms with van der Waals surface area (Å²) >= 11 is 0. The first-order valence-corrected chi connectivity index (χ1v) is 7.54. The zero-order valence-electron chi connectivity index (χ0n) is 13.1. The van der Waals surface area contributed by atoms with Gasteiger partial charge in [-0.3, -0.25) is 14.4 Å². The van der Waals surface area contributed by atoms with Crippen molar-refractivity contribution in [1.82, 2.24) is 20.4 Å². The van der Waals surface area contributed by atoms with Gasteiger partial charge in [-0.05, 0) is 33.7 Å². The SMILES string of the molecule is CCN(CC(=O)NC(C)C)C(=O)C(=O)N1CCCNCC1. The number of hydrogen-bond donors (Lipinski definition) is 2. The fourth-order valence-corrected chi connectivity index (χ4v) is 2.19. The van der Waals surface area contributed by atoms with Crippen LogP contribution in [0.2, 0.25) is 0 Å². The van der Waals surface area contributed by atoms with Crippen molar-refractivity contribution in [2.45, 2.75) is 33.2 Å². The molecule has 2 N–H and O–H groups in total. The molecular formula is C14H26N4O3. The predicted octanol–water partition coefficient (Wildman–Crippen LogP) is -0.819. The zero-order chi connectivity index (χ0) is 15.8. The lowest BCUT2D eigenvalue weighted by Crippen LogP contribution is -2.49. The molecule has 1 rings (SSSR count). The molecule has 1 saturated heterocycles. The van der Waals surface area contributed by atoms with Gasteiger partial charge in [-0.1, -0.05) is 0 Å². The van der Waals surface area contributed by atoms with E-state index >= 15 is 0 Å². The molecule has 1 aliphatic rings. The fraction of sp³-hybridized carbons (Fsp3) is 0.786. The highest BCUT2D eigenvalue weighted by Crippen LogP contribution is 2.00. The quantitative estimate of drug-likeness (QED) is 0.665. The number of nitrogens with one attached hydrogen (secondary N) is 2. The zero-order valence-corrected chi connectivity index (χ0v) is 13.1. The van der Waals surface area contributed by atoms with Gasteiger partial charge in [0.15, 0.2) is 0 Å². The molecule has 120 valence electrons. The van der Waals surface area contributed by atoms with Crippen molar-refractivity contribution in [3.63, 3.8) is 0 Å². The van der Waals surface area contributed by atoms with Gasteiger partial charge in [0, 0.05) is 32.2 Å². The summed E-state index contributed by atoms with van der Waals surface area (Å²) in [4.78, 5) is 39.1. The Morgan fingerprint density at radius 2 is 1.95 bits per heavy atom. The Hall–Kier alpha value is -1.63. The summed E-state index contributed by atoms with van der Waals surface area (Å²) in [7, 11) is 0. The highest BCUT2D eigenvalue weighted by molar-refractivity contribution is 6.35. The molecule has 0 aromatic rings. The van der Waals surface area contributed by atoms with E-state index in [0.29, 0.717) is 26.2 Å². The predicted molar refractivity (Wildman–Crippen MR) is 79.6 cm³/mol. The van der Waals surface area contributed by atoms with E-state index in [-0.39, 0.29) is 18.5 Å². The van der Waals surface area contributed by atoms with Crippen LogP contribution in [0.4, 0.5) is 0 Å². The van der Waals surface area contributed by atoms with Crippen LogP contribution in [0.5, 0.6) is 0 Å². The van der Waals surface area contributed by atoms with Crippen molar-refractivity contribution in [1.29, 1.82) is 0 Å². The summed E-state index contributed by atoms with van der Waals surface area (Å²) in [6.07, 6.45) is 0.832. The normalized spacial score (nSPS) is 15.5. The second-order valence-corrected chi connectivity index (χ2v) is 5.44. The average Bonchev–Trinajstić information content (AvgIpc) is 2.71. The summed E-state index contributed by atoms with van der Waals surface area (Å²) in [6.45, 7) is 8.38. The molecule has 0 unspecified atom stereocenters. The monoisotopic (exact) mass is 298 g/mol. The lowest BCUT2D eigenvalue weighted by molar-refractivity contribution is -0.152. The number of nitrogens with zero attached hydrogens (tertiary/aromatic N) is 2. The summed E-state index contributed by atoms with van der Waals surface area (Å²) in [5.41, 5.74) is 0. The van der Waals surface area contributed by atoms with Crippen molar-refractivity contribution < 1.29 is 14.4 Å². The maximum atomic E-state index is 12.2. The number of rotatable bonds is 4. The second-order valence-electron chi connectivity index (χ2n) is 5.44. The van der Waals surface area contributed by atoms with Crippen LogP contribution in [0.3, 0.4) is 0 Å². The van der Waals surface area contributed by atoms with E-state index in [2.05, 4.69) is 10.6 Å². The fourth-order valence-electron chi connectivity index (χ4n) is 2.19. The van der Waals surface area contributed by atoms with Gasteiger partial charge in [-0.15, -0.1) is 0 Å². The second kappa shape index (κ2) is 8.61. The molecule has 0 saturated carbocycles. The van der Waals surface area contributed by atoms with E-state index in [4.69, 9.17) is 0 Å². The smallest absolute Gasteiger partial charge is 0.312 e. The topological polar surface area (TPSA) is 81.8 Å². The van der Waals surface area contributed by atoms with Crippen molar-refractivity contribution in [3.8, 4) is 0 Å². The minimum absolute atomic E-state index is 0.0127.